The number of halogens is 2. The molecule has 266 valence electrons. The molecule has 1 amide bonds. The zero-order valence-electron chi connectivity index (χ0n) is 27.8. The molecule has 3 N–H and O–H groups in total. The highest BCUT2D eigenvalue weighted by atomic mass is 35.5. The molecule has 1 aromatic heterocycles. The van der Waals surface area contributed by atoms with Crippen molar-refractivity contribution >= 4 is 39.1 Å². The molecule has 0 aliphatic carbocycles. The van der Waals surface area contributed by atoms with E-state index < -0.39 is 28.3 Å². The third-order valence-corrected chi connectivity index (χ3v) is 11.0. The van der Waals surface area contributed by atoms with Crippen molar-refractivity contribution in [1.29, 1.82) is 0 Å². The highest BCUT2D eigenvalue weighted by Crippen LogP contribution is 2.39. The summed E-state index contributed by atoms with van der Waals surface area (Å²) in [6.07, 6.45) is 0.989. The van der Waals surface area contributed by atoms with Crippen LogP contribution in [0.25, 0.3) is 0 Å². The van der Waals surface area contributed by atoms with Crippen molar-refractivity contribution in [3.8, 4) is 0 Å². The second-order valence-corrected chi connectivity index (χ2v) is 14.9. The van der Waals surface area contributed by atoms with Gasteiger partial charge in [-0.25, -0.2) is 13.4 Å². The molecule has 51 heavy (non-hydrogen) atoms. The number of carbonyl (C=O) groups is 1. The fraction of sp³-hybridized carbons (Fsp3) is 0.263. The second-order valence-electron chi connectivity index (χ2n) is 12.5. The quantitative estimate of drug-likeness (QED) is 0.126. The Morgan fingerprint density at radius 1 is 0.902 bits per heavy atom. The number of sulfonamides is 1. The number of hydrogen-bond donors (Lipinski definition) is 3. The standard InChI is InChI=1S/C38H38Cl2N4O6S/c1-25-7-17-32(18-8-25)51(47,48)43-33(19-26-5-3-2-4-6-26)37(46)41-21-27-9-15-30(16-10-27)38-49-31(22-44-24-42-35(39)36(44)40)20-34(50-38)29-13-11-28(23-45)12-14-29/h2-18,24,31,33-34,38,43,45H,19-23H2,1H3,(H,41,46)/t31-,33+,34+,38?/m0/s1. The van der Waals surface area contributed by atoms with Gasteiger partial charge in [-0.3, -0.25) is 4.79 Å². The van der Waals surface area contributed by atoms with E-state index in [1.54, 1.807) is 23.0 Å². The molecule has 1 aliphatic heterocycles. The van der Waals surface area contributed by atoms with E-state index in [0.717, 1.165) is 33.4 Å². The lowest BCUT2D eigenvalue weighted by Gasteiger charge is -2.36. The Balaban J connectivity index is 1.15. The summed E-state index contributed by atoms with van der Waals surface area (Å²) in [4.78, 5) is 17.7. The Bertz CT molecular complexity index is 2030. The van der Waals surface area contributed by atoms with Crippen LogP contribution in [-0.2, 0) is 50.4 Å². The first-order valence-corrected chi connectivity index (χ1v) is 18.7. The molecule has 0 bridgehead atoms. The number of aliphatic hydroxyl groups excluding tert-OH is 1. The van der Waals surface area contributed by atoms with E-state index in [1.807, 2.05) is 85.8 Å². The lowest BCUT2D eigenvalue weighted by Crippen LogP contribution is -2.47. The maximum absolute atomic E-state index is 13.5. The smallest absolute Gasteiger partial charge is 0.241 e. The number of benzene rings is 4. The lowest BCUT2D eigenvalue weighted by molar-refractivity contribution is -0.252. The number of amides is 1. The van der Waals surface area contributed by atoms with Gasteiger partial charge in [-0.05, 0) is 47.7 Å². The number of hydrogen-bond acceptors (Lipinski definition) is 7. The van der Waals surface area contributed by atoms with Crippen molar-refractivity contribution in [1.82, 2.24) is 19.6 Å². The van der Waals surface area contributed by atoms with Crippen molar-refractivity contribution in [3.05, 3.63) is 153 Å². The van der Waals surface area contributed by atoms with Crippen LogP contribution in [-0.4, -0.2) is 41.1 Å². The first-order chi connectivity index (χ1) is 24.6. The van der Waals surface area contributed by atoms with E-state index in [2.05, 4.69) is 15.0 Å². The average Bonchev–Trinajstić information content (AvgIpc) is 3.46. The Morgan fingerprint density at radius 2 is 1.57 bits per heavy atom. The summed E-state index contributed by atoms with van der Waals surface area (Å²) < 4.78 is 43.7. The third-order valence-electron chi connectivity index (χ3n) is 8.69. The normalized spacial score (nSPS) is 18.3. The fourth-order valence-corrected chi connectivity index (χ4v) is 7.35. The number of ether oxygens (including phenoxy) is 2. The molecule has 10 nitrogen and oxygen atoms in total. The summed E-state index contributed by atoms with van der Waals surface area (Å²) in [6.45, 7) is 2.40. The molecule has 2 heterocycles. The number of aromatic nitrogens is 2. The first kappa shape index (κ1) is 36.7. The van der Waals surface area contributed by atoms with Crippen molar-refractivity contribution in [3.63, 3.8) is 0 Å². The highest BCUT2D eigenvalue weighted by molar-refractivity contribution is 7.89. The summed E-state index contributed by atoms with van der Waals surface area (Å²) in [5, 5.41) is 12.9. The topological polar surface area (TPSA) is 132 Å². The van der Waals surface area contributed by atoms with Crippen LogP contribution in [0.2, 0.25) is 10.3 Å². The lowest BCUT2D eigenvalue weighted by atomic mass is 10.00. The summed E-state index contributed by atoms with van der Waals surface area (Å²) in [7, 11) is -3.97. The van der Waals surface area contributed by atoms with E-state index in [-0.39, 0.29) is 41.8 Å². The number of nitrogens with one attached hydrogen (secondary N) is 2. The summed E-state index contributed by atoms with van der Waals surface area (Å²) in [6, 6.07) is 29.8. The average molecular weight is 750 g/mol. The van der Waals surface area contributed by atoms with Gasteiger partial charge in [0.2, 0.25) is 15.9 Å². The molecule has 0 spiro atoms. The Hall–Kier alpha value is -4.07. The molecule has 1 saturated heterocycles. The van der Waals surface area contributed by atoms with Crippen molar-refractivity contribution in [2.75, 3.05) is 0 Å². The van der Waals surface area contributed by atoms with Gasteiger partial charge >= 0.3 is 0 Å². The van der Waals surface area contributed by atoms with Crippen LogP contribution in [0.5, 0.6) is 0 Å². The molecular formula is C38H38Cl2N4O6S. The minimum absolute atomic E-state index is 0.0520. The summed E-state index contributed by atoms with van der Waals surface area (Å²) in [5.74, 6) is -0.450. The Labute approximate surface area is 307 Å². The van der Waals surface area contributed by atoms with Crippen LogP contribution in [0, 0.1) is 6.92 Å². The molecule has 1 unspecified atom stereocenters. The van der Waals surface area contributed by atoms with Gasteiger partial charge in [0.1, 0.15) is 11.2 Å². The SMILES string of the molecule is Cc1ccc(S(=O)(=O)N[C@H](Cc2ccccc2)C(=O)NCc2ccc(C3O[C@H](Cn4cnc(Cl)c4Cl)C[C@H](c4ccc(CO)cc4)O3)cc2)cc1. The van der Waals surface area contributed by atoms with E-state index in [0.29, 0.717) is 18.1 Å². The van der Waals surface area contributed by atoms with Gasteiger partial charge in [-0.2, -0.15) is 4.72 Å². The molecule has 1 aliphatic rings. The molecule has 5 aromatic rings. The fourth-order valence-electron chi connectivity index (χ4n) is 5.84. The highest BCUT2D eigenvalue weighted by Gasteiger charge is 2.33. The van der Waals surface area contributed by atoms with E-state index in [4.69, 9.17) is 32.7 Å². The van der Waals surface area contributed by atoms with Gasteiger partial charge in [0.25, 0.3) is 0 Å². The van der Waals surface area contributed by atoms with Gasteiger partial charge < -0.3 is 24.5 Å². The molecule has 13 heteroatoms. The predicted octanol–water partition coefficient (Wildman–Crippen LogP) is 6.44. The number of carbonyl (C=O) groups excluding carboxylic acids is 1. The first-order valence-electron chi connectivity index (χ1n) is 16.4. The number of aliphatic hydroxyl groups is 1. The zero-order chi connectivity index (χ0) is 36.0. The molecule has 4 aromatic carbocycles. The Kier molecular flexibility index (Phi) is 11.9. The minimum atomic E-state index is -3.97. The molecule has 1 fully saturated rings. The van der Waals surface area contributed by atoms with Gasteiger partial charge in [0.15, 0.2) is 11.4 Å². The number of rotatable bonds is 13. The van der Waals surface area contributed by atoms with Gasteiger partial charge in [-0.15, -0.1) is 0 Å². The van der Waals surface area contributed by atoms with Gasteiger partial charge in [-0.1, -0.05) is 120 Å². The molecule has 0 saturated carbocycles. The maximum Gasteiger partial charge on any atom is 0.241 e. The van der Waals surface area contributed by atoms with Gasteiger partial charge in [0, 0.05) is 18.5 Å². The maximum atomic E-state index is 13.5. The number of aryl methyl sites for hydroxylation is 1. The van der Waals surface area contributed by atoms with E-state index in [9.17, 15) is 18.3 Å². The second kappa shape index (κ2) is 16.5. The van der Waals surface area contributed by atoms with Crippen LogP contribution in [0.3, 0.4) is 0 Å². The van der Waals surface area contributed by atoms with Crippen LogP contribution in [0.1, 0.15) is 52.2 Å². The van der Waals surface area contributed by atoms with Crippen molar-refractivity contribution in [2.24, 2.45) is 0 Å². The minimum Gasteiger partial charge on any atom is -0.392 e. The number of nitrogens with zero attached hydrogens (tertiary/aromatic N) is 2. The molecule has 6 rings (SSSR count). The van der Waals surface area contributed by atoms with Crippen molar-refractivity contribution < 1.29 is 27.8 Å². The van der Waals surface area contributed by atoms with Gasteiger partial charge in [0.05, 0.1) is 36.6 Å². The van der Waals surface area contributed by atoms with Crippen LogP contribution >= 0.6 is 23.2 Å². The number of imidazole rings is 1. The molecule has 4 atom stereocenters. The van der Waals surface area contributed by atoms with E-state index >= 15 is 0 Å². The Morgan fingerprint density at radius 3 is 2.22 bits per heavy atom. The predicted molar refractivity (Wildman–Crippen MR) is 194 cm³/mol. The van der Waals surface area contributed by atoms with E-state index in [1.165, 1.54) is 12.1 Å². The summed E-state index contributed by atoms with van der Waals surface area (Å²) in [5.41, 5.74) is 5.07. The molecular weight excluding hydrogens is 711 g/mol. The summed E-state index contributed by atoms with van der Waals surface area (Å²) >= 11 is 12.4. The van der Waals surface area contributed by atoms with Crippen LogP contribution in [0.15, 0.2) is 114 Å². The van der Waals surface area contributed by atoms with Crippen LogP contribution in [0.4, 0.5) is 0 Å². The largest absolute Gasteiger partial charge is 0.392 e. The zero-order valence-corrected chi connectivity index (χ0v) is 30.1. The molecule has 0 radical (unpaired) electrons. The van der Waals surface area contributed by atoms with Crippen LogP contribution < -0.4 is 10.0 Å². The third kappa shape index (κ3) is 9.43. The monoisotopic (exact) mass is 748 g/mol. The van der Waals surface area contributed by atoms with Crippen molar-refractivity contribution in [2.45, 2.75) is 68.9 Å².